The first kappa shape index (κ1) is 15.3. The van der Waals surface area contributed by atoms with Crippen LogP contribution in [0, 0.1) is 11.8 Å². The summed E-state index contributed by atoms with van der Waals surface area (Å²) in [5.74, 6) is -2.30. The van der Waals surface area contributed by atoms with Crippen LogP contribution >= 0.6 is 0 Å². The first-order valence-electron chi connectivity index (χ1n) is 6.96. The summed E-state index contributed by atoms with van der Waals surface area (Å²) < 4.78 is 0. The summed E-state index contributed by atoms with van der Waals surface area (Å²) in [6.07, 6.45) is 4.54. The summed E-state index contributed by atoms with van der Waals surface area (Å²) in [5, 5.41) is 20.9. The number of carboxylic acids is 1. The van der Waals surface area contributed by atoms with Gasteiger partial charge in [0, 0.05) is 6.54 Å². The fourth-order valence-electron chi connectivity index (χ4n) is 2.46. The number of aliphatic hydroxyl groups excluding tert-OH is 1. The maximum atomic E-state index is 12.2. The predicted molar refractivity (Wildman–Crippen MR) is 77.2 cm³/mol. The zero-order valence-corrected chi connectivity index (χ0v) is 11.7. The number of rotatable bonds is 5. The van der Waals surface area contributed by atoms with Gasteiger partial charge in [-0.05, 0) is 24.0 Å². The lowest BCUT2D eigenvalue weighted by atomic mass is 9.82. The zero-order valence-electron chi connectivity index (χ0n) is 11.7. The number of amides is 1. The van der Waals surface area contributed by atoms with Crippen molar-refractivity contribution in [1.29, 1.82) is 0 Å². The van der Waals surface area contributed by atoms with Crippen molar-refractivity contribution in [1.82, 2.24) is 5.32 Å². The molecule has 0 fully saturated rings. The van der Waals surface area contributed by atoms with Crippen LogP contribution in [0.4, 0.5) is 0 Å². The number of carboxylic acid groups (broad SMARTS) is 1. The Balaban J connectivity index is 1.93. The Morgan fingerprint density at radius 3 is 2.19 bits per heavy atom. The summed E-state index contributed by atoms with van der Waals surface area (Å²) >= 11 is 0. The monoisotopic (exact) mass is 289 g/mol. The summed E-state index contributed by atoms with van der Waals surface area (Å²) in [4.78, 5) is 23.3. The molecule has 5 nitrogen and oxygen atoms in total. The van der Waals surface area contributed by atoms with E-state index < -0.39 is 17.8 Å². The number of hydrogen-bond acceptors (Lipinski definition) is 3. The molecule has 2 rings (SSSR count). The molecule has 0 unspecified atom stereocenters. The second-order valence-electron chi connectivity index (χ2n) is 5.19. The number of carbonyl (C=O) groups excluding carboxylic acids is 1. The highest BCUT2D eigenvalue weighted by Crippen LogP contribution is 2.26. The third-order valence-corrected chi connectivity index (χ3v) is 3.76. The summed E-state index contributed by atoms with van der Waals surface area (Å²) in [5.41, 5.74) is 1.73. The lowest BCUT2D eigenvalue weighted by Crippen LogP contribution is -2.38. The lowest BCUT2D eigenvalue weighted by Gasteiger charge is -2.24. The van der Waals surface area contributed by atoms with E-state index in [9.17, 15) is 9.59 Å². The molecule has 0 aromatic heterocycles. The summed E-state index contributed by atoms with van der Waals surface area (Å²) in [6, 6.07) is 7.26. The van der Waals surface area contributed by atoms with Gasteiger partial charge in [0.1, 0.15) is 0 Å². The van der Waals surface area contributed by atoms with Gasteiger partial charge in [0.15, 0.2) is 0 Å². The van der Waals surface area contributed by atoms with Crippen LogP contribution < -0.4 is 5.32 Å². The molecule has 0 heterocycles. The average molecular weight is 289 g/mol. The highest BCUT2D eigenvalue weighted by molar-refractivity contribution is 5.85. The van der Waals surface area contributed by atoms with Crippen LogP contribution in [0.25, 0.3) is 0 Å². The molecular formula is C16H19NO4. The van der Waals surface area contributed by atoms with Crippen LogP contribution in [0.2, 0.25) is 0 Å². The van der Waals surface area contributed by atoms with E-state index in [2.05, 4.69) is 5.32 Å². The molecule has 0 spiro atoms. The largest absolute Gasteiger partial charge is 0.481 e. The minimum absolute atomic E-state index is 0.0126. The minimum atomic E-state index is -0.924. The molecule has 1 amide bonds. The predicted octanol–water partition coefficient (Wildman–Crippen LogP) is 1.46. The molecule has 21 heavy (non-hydrogen) atoms. The Hall–Kier alpha value is -2.14. The van der Waals surface area contributed by atoms with Crippen molar-refractivity contribution in [2.45, 2.75) is 26.0 Å². The highest BCUT2D eigenvalue weighted by Gasteiger charge is 2.33. The molecule has 1 aliphatic carbocycles. The molecule has 3 N–H and O–H groups in total. The van der Waals surface area contributed by atoms with Gasteiger partial charge in [-0.1, -0.05) is 36.4 Å². The zero-order chi connectivity index (χ0) is 15.2. The molecule has 0 saturated carbocycles. The fraction of sp³-hybridized carbons (Fsp3) is 0.375. The Morgan fingerprint density at radius 1 is 1.05 bits per heavy atom. The van der Waals surface area contributed by atoms with Gasteiger partial charge in [0.25, 0.3) is 0 Å². The maximum Gasteiger partial charge on any atom is 0.307 e. The first-order valence-corrected chi connectivity index (χ1v) is 6.96. The van der Waals surface area contributed by atoms with Crippen molar-refractivity contribution in [2.75, 3.05) is 0 Å². The van der Waals surface area contributed by atoms with Crippen LogP contribution in [0.1, 0.15) is 24.0 Å². The fourth-order valence-corrected chi connectivity index (χ4v) is 2.46. The van der Waals surface area contributed by atoms with E-state index >= 15 is 0 Å². The molecule has 0 bridgehead atoms. The molecule has 0 radical (unpaired) electrons. The molecule has 2 atom stereocenters. The van der Waals surface area contributed by atoms with Crippen LogP contribution in [-0.2, 0) is 22.7 Å². The molecule has 0 aliphatic heterocycles. The topological polar surface area (TPSA) is 86.6 Å². The molecular weight excluding hydrogens is 270 g/mol. The summed E-state index contributed by atoms with van der Waals surface area (Å²) in [7, 11) is 0. The number of hydrogen-bond donors (Lipinski definition) is 3. The van der Waals surface area contributed by atoms with E-state index in [0.717, 1.165) is 11.1 Å². The number of nitrogens with one attached hydrogen (secondary N) is 1. The quantitative estimate of drug-likeness (QED) is 0.716. The Bertz CT molecular complexity index is 536. The van der Waals surface area contributed by atoms with E-state index in [-0.39, 0.29) is 12.5 Å². The Morgan fingerprint density at radius 2 is 1.62 bits per heavy atom. The standard InChI is InChI=1S/C16H19NO4/c18-10-12-7-5-11(6-8-12)9-17-15(19)13-3-1-2-4-14(13)16(20)21/h1-2,5-8,13-14,18H,3-4,9-10H2,(H,17,19)(H,20,21)/t13-,14+/m1/s1. The van der Waals surface area contributed by atoms with Gasteiger partial charge in [-0.15, -0.1) is 0 Å². The van der Waals surface area contributed by atoms with Crippen LogP contribution in [0.15, 0.2) is 36.4 Å². The second kappa shape index (κ2) is 7.04. The van der Waals surface area contributed by atoms with E-state index in [1.807, 2.05) is 24.3 Å². The van der Waals surface area contributed by atoms with Gasteiger partial charge >= 0.3 is 5.97 Å². The summed E-state index contributed by atoms with van der Waals surface area (Å²) in [6.45, 7) is 0.346. The van der Waals surface area contributed by atoms with E-state index in [1.54, 1.807) is 12.1 Å². The van der Waals surface area contributed by atoms with E-state index in [4.69, 9.17) is 10.2 Å². The van der Waals surface area contributed by atoms with E-state index in [0.29, 0.717) is 19.4 Å². The minimum Gasteiger partial charge on any atom is -0.481 e. The van der Waals surface area contributed by atoms with Gasteiger partial charge in [-0.25, -0.2) is 0 Å². The SMILES string of the molecule is O=C(O)[C@H]1CC=CC[C@H]1C(=O)NCc1ccc(CO)cc1. The normalized spacial score (nSPS) is 21.0. The van der Waals surface area contributed by atoms with Crippen molar-refractivity contribution in [3.05, 3.63) is 47.5 Å². The molecule has 112 valence electrons. The van der Waals surface area contributed by atoms with Crippen LogP contribution in [0.3, 0.4) is 0 Å². The molecule has 1 aromatic rings. The van der Waals surface area contributed by atoms with Gasteiger partial charge in [-0.3, -0.25) is 9.59 Å². The number of carbonyl (C=O) groups is 2. The van der Waals surface area contributed by atoms with Gasteiger partial charge in [0.2, 0.25) is 5.91 Å². The van der Waals surface area contributed by atoms with Crippen molar-refractivity contribution < 1.29 is 19.8 Å². The number of benzene rings is 1. The van der Waals surface area contributed by atoms with Crippen molar-refractivity contribution in [3.8, 4) is 0 Å². The molecule has 1 aromatic carbocycles. The highest BCUT2D eigenvalue weighted by atomic mass is 16.4. The van der Waals surface area contributed by atoms with Crippen LogP contribution in [-0.4, -0.2) is 22.1 Å². The first-order chi connectivity index (χ1) is 10.1. The lowest BCUT2D eigenvalue weighted by molar-refractivity contribution is -0.147. The molecule has 5 heteroatoms. The van der Waals surface area contributed by atoms with Gasteiger partial charge in [-0.2, -0.15) is 0 Å². The van der Waals surface area contributed by atoms with Crippen molar-refractivity contribution in [3.63, 3.8) is 0 Å². The second-order valence-corrected chi connectivity index (χ2v) is 5.19. The van der Waals surface area contributed by atoms with Crippen molar-refractivity contribution >= 4 is 11.9 Å². The number of allylic oxidation sites excluding steroid dienone is 2. The Kier molecular flexibility index (Phi) is 5.11. The third kappa shape index (κ3) is 3.92. The van der Waals surface area contributed by atoms with E-state index in [1.165, 1.54) is 0 Å². The average Bonchev–Trinajstić information content (AvgIpc) is 2.53. The third-order valence-electron chi connectivity index (χ3n) is 3.76. The molecule has 1 aliphatic rings. The van der Waals surface area contributed by atoms with Gasteiger partial charge in [0.05, 0.1) is 18.4 Å². The number of aliphatic hydroxyl groups is 1. The number of aliphatic carboxylic acids is 1. The Labute approximate surface area is 123 Å². The maximum absolute atomic E-state index is 12.2. The molecule has 0 saturated heterocycles. The van der Waals surface area contributed by atoms with Gasteiger partial charge < -0.3 is 15.5 Å². The smallest absolute Gasteiger partial charge is 0.307 e. The van der Waals surface area contributed by atoms with Crippen molar-refractivity contribution in [2.24, 2.45) is 11.8 Å². The van der Waals surface area contributed by atoms with Crippen LogP contribution in [0.5, 0.6) is 0 Å².